The number of nitrogens with one attached hydrogen (secondary N) is 2. The number of esters is 1. The van der Waals surface area contributed by atoms with Gasteiger partial charge in [0.1, 0.15) is 10.8 Å². The molecule has 0 radical (unpaired) electrons. The van der Waals surface area contributed by atoms with Crippen LogP contribution < -0.4 is 10.1 Å². The Balaban J connectivity index is 1.61. The number of aromatic nitrogens is 1. The number of aromatic amines is 1. The molecule has 1 aromatic carbocycles. The molecule has 150 valence electrons. The molecule has 3 heterocycles. The molecule has 2 aliphatic heterocycles. The molecule has 1 aromatic heterocycles. The van der Waals surface area contributed by atoms with Gasteiger partial charge in [0, 0.05) is 36.5 Å². The van der Waals surface area contributed by atoms with E-state index in [0.717, 1.165) is 64.9 Å². The summed E-state index contributed by atoms with van der Waals surface area (Å²) in [6.45, 7) is 1.57. The summed E-state index contributed by atoms with van der Waals surface area (Å²) >= 11 is 1.67. The largest absolute Gasteiger partial charge is 0.497 e. The highest BCUT2D eigenvalue weighted by molar-refractivity contribution is 8.14. The van der Waals surface area contributed by atoms with E-state index in [4.69, 9.17) is 19.2 Å². The summed E-state index contributed by atoms with van der Waals surface area (Å²) in [6.07, 6.45) is 2.30. The standard InChI is InChI=1S/C20H25N3O4S/c1-25-15-7-12-8-17(20-22-14(11-28-20)9-18(24)26-2)23-19(12)16(10-15)21-13-3-5-27-6-4-13/h7-8,10,13-14,21,23H,3-6,9,11H2,1-2H3. The van der Waals surface area contributed by atoms with Gasteiger partial charge in [-0.2, -0.15) is 0 Å². The molecule has 0 spiro atoms. The van der Waals surface area contributed by atoms with Crippen molar-refractivity contribution in [1.82, 2.24) is 4.98 Å². The number of nitrogens with zero attached hydrogens (tertiary/aromatic N) is 1. The molecule has 0 aliphatic carbocycles. The number of anilines is 1. The molecule has 0 bridgehead atoms. The number of benzene rings is 1. The first-order valence-corrected chi connectivity index (χ1v) is 10.5. The van der Waals surface area contributed by atoms with Crippen molar-refractivity contribution in [3.8, 4) is 5.75 Å². The molecule has 0 amide bonds. The second-order valence-corrected chi connectivity index (χ2v) is 8.04. The van der Waals surface area contributed by atoms with Crippen LogP contribution in [0.4, 0.5) is 5.69 Å². The molecule has 2 aromatic rings. The summed E-state index contributed by atoms with van der Waals surface area (Å²) in [4.78, 5) is 19.7. The molecule has 2 N–H and O–H groups in total. The van der Waals surface area contributed by atoms with Crippen LogP contribution in [-0.2, 0) is 14.3 Å². The van der Waals surface area contributed by atoms with Crippen molar-refractivity contribution in [2.24, 2.45) is 4.99 Å². The Labute approximate surface area is 168 Å². The molecule has 2 aliphatic rings. The first kappa shape index (κ1) is 19.1. The number of thioether (sulfide) groups is 1. The van der Waals surface area contributed by atoms with Crippen LogP contribution in [0.1, 0.15) is 25.0 Å². The lowest BCUT2D eigenvalue weighted by atomic mass is 10.1. The second-order valence-electron chi connectivity index (χ2n) is 7.03. The van der Waals surface area contributed by atoms with Crippen molar-refractivity contribution < 1.29 is 19.0 Å². The van der Waals surface area contributed by atoms with Crippen LogP contribution in [0.25, 0.3) is 10.9 Å². The number of hydrogen-bond donors (Lipinski definition) is 2. The highest BCUT2D eigenvalue weighted by atomic mass is 32.2. The molecule has 4 rings (SSSR count). The minimum Gasteiger partial charge on any atom is -0.497 e. The van der Waals surface area contributed by atoms with E-state index in [1.54, 1.807) is 18.9 Å². The quantitative estimate of drug-likeness (QED) is 0.721. The Morgan fingerprint density at radius 2 is 2.14 bits per heavy atom. The number of H-pyrrole nitrogens is 1. The van der Waals surface area contributed by atoms with Gasteiger partial charge in [-0.3, -0.25) is 9.79 Å². The topological polar surface area (TPSA) is 84.9 Å². The van der Waals surface area contributed by atoms with Gasteiger partial charge in [-0.05, 0) is 25.0 Å². The molecule has 0 saturated carbocycles. The van der Waals surface area contributed by atoms with Crippen molar-refractivity contribution in [2.75, 3.05) is 38.5 Å². The van der Waals surface area contributed by atoms with Gasteiger partial charge in [-0.1, -0.05) is 0 Å². The van der Waals surface area contributed by atoms with Crippen LogP contribution in [-0.4, -0.2) is 61.3 Å². The Bertz CT molecular complexity index is 889. The Morgan fingerprint density at radius 3 is 2.89 bits per heavy atom. The first-order chi connectivity index (χ1) is 13.7. The fourth-order valence-corrected chi connectivity index (χ4v) is 4.60. The smallest absolute Gasteiger partial charge is 0.307 e. The molecular formula is C20H25N3O4S. The van der Waals surface area contributed by atoms with Gasteiger partial charge in [0.2, 0.25) is 0 Å². The van der Waals surface area contributed by atoms with E-state index < -0.39 is 0 Å². The first-order valence-electron chi connectivity index (χ1n) is 9.49. The maximum absolute atomic E-state index is 11.5. The van der Waals surface area contributed by atoms with E-state index in [2.05, 4.69) is 16.4 Å². The lowest BCUT2D eigenvalue weighted by Gasteiger charge is -2.24. The fourth-order valence-electron chi connectivity index (χ4n) is 3.57. The van der Waals surface area contributed by atoms with Crippen LogP contribution in [0, 0.1) is 0 Å². The van der Waals surface area contributed by atoms with Gasteiger partial charge in [0.25, 0.3) is 0 Å². The number of carbonyl (C=O) groups excluding carboxylic acids is 1. The molecule has 1 fully saturated rings. The highest BCUT2D eigenvalue weighted by Gasteiger charge is 2.24. The van der Waals surface area contributed by atoms with Crippen LogP contribution in [0.5, 0.6) is 5.75 Å². The lowest BCUT2D eigenvalue weighted by Crippen LogP contribution is -2.27. The van der Waals surface area contributed by atoms with Crippen LogP contribution in [0.2, 0.25) is 0 Å². The van der Waals surface area contributed by atoms with Gasteiger partial charge >= 0.3 is 5.97 Å². The molecule has 1 saturated heterocycles. The van der Waals surface area contributed by atoms with Gasteiger partial charge in [0.05, 0.1) is 43.6 Å². The van der Waals surface area contributed by atoms with Crippen molar-refractivity contribution in [3.05, 3.63) is 23.9 Å². The predicted octanol–water partition coefficient (Wildman–Crippen LogP) is 3.19. The van der Waals surface area contributed by atoms with E-state index in [0.29, 0.717) is 12.5 Å². The number of ether oxygens (including phenoxy) is 3. The van der Waals surface area contributed by atoms with Crippen molar-refractivity contribution in [1.29, 1.82) is 0 Å². The van der Waals surface area contributed by atoms with E-state index in [9.17, 15) is 4.79 Å². The van der Waals surface area contributed by atoms with Crippen molar-refractivity contribution >= 4 is 39.4 Å². The SMILES string of the molecule is COC(=O)CC1CSC(c2cc3cc(OC)cc(NC4CCOCC4)c3[nH]2)=N1. The van der Waals surface area contributed by atoms with Gasteiger partial charge in [-0.15, -0.1) is 11.8 Å². The summed E-state index contributed by atoms with van der Waals surface area (Å²) in [7, 11) is 3.09. The molecule has 8 heteroatoms. The average molecular weight is 404 g/mol. The number of rotatable bonds is 6. The van der Waals surface area contributed by atoms with E-state index in [1.165, 1.54) is 7.11 Å². The number of methoxy groups -OCH3 is 2. The minimum atomic E-state index is -0.222. The zero-order valence-electron chi connectivity index (χ0n) is 16.1. The predicted molar refractivity (Wildman–Crippen MR) is 112 cm³/mol. The van der Waals surface area contributed by atoms with Crippen LogP contribution in [0.3, 0.4) is 0 Å². The normalized spacial score (nSPS) is 20.2. The summed E-state index contributed by atoms with van der Waals surface area (Å²) in [5.41, 5.74) is 3.04. The Morgan fingerprint density at radius 1 is 1.32 bits per heavy atom. The van der Waals surface area contributed by atoms with E-state index in [-0.39, 0.29) is 12.0 Å². The number of fused-ring (bicyclic) bond motifs is 1. The van der Waals surface area contributed by atoms with Gasteiger partial charge < -0.3 is 24.5 Å². The summed E-state index contributed by atoms with van der Waals surface area (Å²) in [5, 5.41) is 5.65. The second kappa shape index (κ2) is 8.45. The Hall–Kier alpha value is -2.19. The minimum absolute atomic E-state index is 0.0340. The molecule has 1 unspecified atom stereocenters. The summed E-state index contributed by atoms with van der Waals surface area (Å²) < 4.78 is 15.7. The molecule has 7 nitrogen and oxygen atoms in total. The molecule has 1 atom stereocenters. The zero-order valence-corrected chi connectivity index (χ0v) is 16.9. The van der Waals surface area contributed by atoms with Crippen LogP contribution in [0.15, 0.2) is 23.2 Å². The Kier molecular flexibility index (Phi) is 5.77. The van der Waals surface area contributed by atoms with Gasteiger partial charge in [-0.25, -0.2) is 0 Å². The maximum atomic E-state index is 11.5. The van der Waals surface area contributed by atoms with E-state index >= 15 is 0 Å². The summed E-state index contributed by atoms with van der Waals surface area (Å²) in [6, 6.07) is 6.50. The third-order valence-electron chi connectivity index (χ3n) is 5.09. The number of hydrogen-bond acceptors (Lipinski definition) is 7. The highest BCUT2D eigenvalue weighted by Crippen LogP contribution is 2.33. The van der Waals surface area contributed by atoms with Crippen LogP contribution >= 0.6 is 11.8 Å². The third kappa shape index (κ3) is 4.12. The monoisotopic (exact) mass is 403 g/mol. The molecular weight excluding hydrogens is 378 g/mol. The number of aliphatic imine (C=N–C) groups is 1. The lowest BCUT2D eigenvalue weighted by molar-refractivity contribution is -0.140. The van der Waals surface area contributed by atoms with Crippen molar-refractivity contribution in [3.63, 3.8) is 0 Å². The number of carbonyl (C=O) groups is 1. The van der Waals surface area contributed by atoms with E-state index in [1.807, 2.05) is 12.1 Å². The van der Waals surface area contributed by atoms with Gasteiger partial charge in [0.15, 0.2) is 0 Å². The maximum Gasteiger partial charge on any atom is 0.307 e. The average Bonchev–Trinajstić information content (AvgIpc) is 3.35. The molecule has 28 heavy (non-hydrogen) atoms. The zero-order chi connectivity index (χ0) is 19.5. The summed E-state index contributed by atoms with van der Waals surface area (Å²) in [5.74, 6) is 1.38. The fraction of sp³-hybridized carbons (Fsp3) is 0.500. The van der Waals surface area contributed by atoms with Crippen molar-refractivity contribution in [2.45, 2.75) is 31.3 Å². The third-order valence-corrected chi connectivity index (χ3v) is 6.24.